The third kappa shape index (κ3) is 2.84. The fraction of sp³-hybridized carbons (Fsp3) is 0.316. The lowest BCUT2D eigenvalue weighted by Gasteiger charge is -2.29. The second-order valence-electron chi connectivity index (χ2n) is 6.66. The molecule has 2 aromatic heterocycles. The van der Waals surface area contributed by atoms with Crippen molar-refractivity contribution in [2.24, 2.45) is 11.7 Å². The number of furan rings is 1. The molecule has 0 radical (unpaired) electrons. The minimum absolute atomic E-state index is 0.144. The van der Waals surface area contributed by atoms with Crippen molar-refractivity contribution in [3.63, 3.8) is 0 Å². The highest BCUT2D eigenvalue weighted by molar-refractivity contribution is 5.98. The summed E-state index contributed by atoms with van der Waals surface area (Å²) in [5.74, 6) is -0.315. The maximum atomic E-state index is 12.7. The molecule has 1 aromatic carbocycles. The summed E-state index contributed by atoms with van der Waals surface area (Å²) in [6.45, 7) is 3.04. The number of benzene rings is 1. The van der Waals surface area contributed by atoms with Crippen LogP contribution in [0.4, 0.5) is 0 Å². The molecule has 0 bridgehead atoms. The molecule has 0 spiro atoms. The van der Waals surface area contributed by atoms with Gasteiger partial charge in [-0.1, -0.05) is 12.1 Å². The molecule has 4 rings (SSSR count). The summed E-state index contributed by atoms with van der Waals surface area (Å²) in [4.78, 5) is 30.2. The van der Waals surface area contributed by atoms with Gasteiger partial charge in [0.05, 0.1) is 5.52 Å². The van der Waals surface area contributed by atoms with Crippen molar-refractivity contribution in [1.82, 2.24) is 9.88 Å². The topological polar surface area (TPSA) is 89.4 Å². The second-order valence-corrected chi connectivity index (χ2v) is 6.66. The fourth-order valence-electron chi connectivity index (χ4n) is 3.36. The SMILES string of the molecule is Cc1ccc2cc3cc(C(=O)N4CCC(C(N)=O)CC4)oc3nc2c1. The number of rotatable bonds is 2. The molecule has 1 fully saturated rings. The summed E-state index contributed by atoms with van der Waals surface area (Å²) in [5, 5.41) is 1.83. The molecule has 0 atom stereocenters. The number of aryl methyl sites for hydroxylation is 1. The molecule has 3 aromatic rings. The number of primary amides is 1. The Balaban J connectivity index is 1.62. The number of carbonyl (C=O) groups excluding carboxylic acids is 2. The highest BCUT2D eigenvalue weighted by Crippen LogP contribution is 2.25. The largest absolute Gasteiger partial charge is 0.433 e. The Hall–Kier alpha value is -2.89. The van der Waals surface area contributed by atoms with Gasteiger partial charge in [-0.15, -0.1) is 0 Å². The average Bonchev–Trinajstić information content (AvgIpc) is 3.02. The van der Waals surface area contributed by atoms with E-state index >= 15 is 0 Å². The fourth-order valence-corrected chi connectivity index (χ4v) is 3.36. The van der Waals surface area contributed by atoms with Gasteiger partial charge in [-0.3, -0.25) is 9.59 Å². The summed E-state index contributed by atoms with van der Waals surface area (Å²) < 4.78 is 5.71. The van der Waals surface area contributed by atoms with Crippen molar-refractivity contribution in [2.75, 3.05) is 13.1 Å². The number of pyridine rings is 1. The lowest BCUT2D eigenvalue weighted by molar-refractivity contribution is -0.123. The predicted molar refractivity (Wildman–Crippen MR) is 94.1 cm³/mol. The van der Waals surface area contributed by atoms with E-state index in [4.69, 9.17) is 10.2 Å². The quantitative estimate of drug-likeness (QED) is 0.778. The van der Waals surface area contributed by atoms with Crippen molar-refractivity contribution in [3.05, 3.63) is 41.7 Å². The maximum absolute atomic E-state index is 12.7. The van der Waals surface area contributed by atoms with E-state index in [9.17, 15) is 9.59 Å². The number of amides is 2. The van der Waals surface area contributed by atoms with Crippen LogP contribution < -0.4 is 5.73 Å². The molecule has 2 amide bonds. The van der Waals surface area contributed by atoms with Gasteiger partial charge < -0.3 is 15.1 Å². The molecule has 2 N–H and O–H groups in total. The van der Waals surface area contributed by atoms with Crippen molar-refractivity contribution < 1.29 is 14.0 Å². The van der Waals surface area contributed by atoms with E-state index < -0.39 is 0 Å². The van der Waals surface area contributed by atoms with Gasteiger partial charge in [0.25, 0.3) is 5.91 Å². The number of hydrogen-bond donors (Lipinski definition) is 1. The van der Waals surface area contributed by atoms with Crippen molar-refractivity contribution in [2.45, 2.75) is 19.8 Å². The Morgan fingerprint density at radius 1 is 1.16 bits per heavy atom. The molecular formula is C19H19N3O3. The van der Waals surface area contributed by atoms with Crippen LogP contribution in [0.1, 0.15) is 29.0 Å². The van der Waals surface area contributed by atoms with Crippen LogP contribution >= 0.6 is 0 Å². The van der Waals surface area contributed by atoms with Gasteiger partial charge in [-0.25, -0.2) is 4.98 Å². The molecule has 1 aliphatic heterocycles. The van der Waals surface area contributed by atoms with E-state index in [0.29, 0.717) is 31.6 Å². The van der Waals surface area contributed by atoms with Crippen LogP contribution in [0.3, 0.4) is 0 Å². The third-order valence-corrected chi connectivity index (χ3v) is 4.85. The zero-order valence-electron chi connectivity index (χ0n) is 14.0. The van der Waals surface area contributed by atoms with Crippen LogP contribution in [-0.2, 0) is 4.79 Å². The summed E-state index contributed by atoms with van der Waals surface area (Å²) >= 11 is 0. The first-order chi connectivity index (χ1) is 12.0. The van der Waals surface area contributed by atoms with E-state index in [2.05, 4.69) is 4.98 Å². The molecule has 0 aliphatic carbocycles. The van der Waals surface area contributed by atoms with Crippen LogP contribution in [0.5, 0.6) is 0 Å². The number of aromatic nitrogens is 1. The maximum Gasteiger partial charge on any atom is 0.289 e. The first-order valence-corrected chi connectivity index (χ1v) is 8.41. The summed E-state index contributed by atoms with van der Waals surface area (Å²) in [6, 6.07) is 9.76. The van der Waals surface area contributed by atoms with E-state index in [1.165, 1.54) is 0 Å². The molecule has 128 valence electrons. The highest BCUT2D eigenvalue weighted by atomic mass is 16.4. The molecule has 1 saturated heterocycles. The van der Waals surface area contributed by atoms with E-state index in [1.807, 2.05) is 31.2 Å². The number of fused-ring (bicyclic) bond motifs is 2. The van der Waals surface area contributed by atoms with Crippen molar-refractivity contribution in [1.29, 1.82) is 0 Å². The number of piperidine rings is 1. The lowest BCUT2D eigenvalue weighted by atomic mass is 9.96. The minimum Gasteiger partial charge on any atom is -0.433 e. The molecule has 6 nitrogen and oxygen atoms in total. The van der Waals surface area contributed by atoms with Crippen LogP contribution in [-0.4, -0.2) is 34.8 Å². The molecule has 1 aliphatic rings. The third-order valence-electron chi connectivity index (χ3n) is 4.85. The van der Waals surface area contributed by atoms with Gasteiger partial charge in [0, 0.05) is 29.8 Å². The Morgan fingerprint density at radius 3 is 2.64 bits per heavy atom. The van der Waals surface area contributed by atoms with Crippen LogP contribution in [0.2, 0.25) is 0 Å². The smallest absolute Gasteiger partial charge is 0.289 e. The number of nitrogens with two attached hydrogens (primary N) is 1. The monoisotopic (exact) mass is 337 g/mol. The zero-order valence-corrected chi connectivity index (χ0v) is 14.0. The molecule has 3 heterocycles. The minimum atomic E-state index is -0.290. The molecule has 0 saturated carbocycles. The lowest BCUT2D eigenvalue weighted by Crippen LogP contribution is -2.41. The Bertz CT molecular complexity index is 984. The van der Waals surface area contributed by atoms with Gasteiger partial charge in [0.1, 0.15) is 0 Å². The Kier molecular flexibility index (Phi) is 3.67. The Morgan fingerprint density at radius 2 is 1.92 bits per heavy atom. The second kappa shape index (κ2) is 5.88. The van der Waals surface area contributed by atoms with Gasteiger partial charge in [0.2, 0.25) is 11.6 Å². The standard InChI is InChI=1S/C19H19N3O3/c1-11-2-3-13-9-14-10-16(25-18(14)21-15(13)8-11)19(24)22-6-4-12(5-7-22)17(20)23/h2-3,8-10,12H,4-7H2,1H3,(H2,20,23). The van der Waals surface area contributed by atoms with Crippen LogP contribution in [0, 0.1) is 12.8 Å². The van der Waals surface area contributed by atoms with Gasteiger partial charge in [-0.2, -0.15) is 0 Å². The average molecular weight is 337 g/mol. The van der Waals surface area contributed by atoms with Gasteiger partial charge in [-0.05, 0) is 43.5 Å². The van der Waals surface area contributed by atoms with E-state index in [1.54, 1.807) is 11.0 Å². The number of likely N-dealkylation sites (tertiary alicyclic amines) is 1. The predicted octanol–water partition coefficient (Wildman–Crippen LogP) is 2.63. The van der Waals surface area contributed by atoms with Crippen LogP contribution in [0.15, 0.2) is 34.7 Å². The number of carbonyl (C=O) groups is 2. The summed E-state index contributed by atoms with van der Waals surface area (Å²) in [6.07, 6.45) is 1.20. The number of nitrogens with zero attached hydrogens (tertiary/aromatic N) is 2. The van der Waals surface area contributed by atoms with Gasteiger partial charge in [0.15, 0.2) is 5.76 Å². The zero-order chi connectivity index (χ0) is 17.6. The highest BCUT2D eigenvalue weighted by Gasteiger charge is 2.28. The normalized spacial score (nSPS) is 15.8. The first-order valence-electron chi connectivity index (χ1n) is 8.41. The van der Waals surface area contributed by atoms with E-state index in [0.717, 1.165) is 21.9 Å². The molecule has 0 unspecified atom stereocenters. The summed E-state index contributed by atoms with van der Waals surface area (Å²) in [5.41, 5.74) is 7.78. The molecule has 25 heavy (non-hydrogen) atoms. The van der Waals surface area contributed by atoms with Crippen molar-refractivity contribution in [3.8, 4) is 0 Å². The van der Waals surface area contributed by atoms with E-state index in [-0.39, 0.29) is 23.5 Å². The molecule has 6 heteroatoms. The van der Waals surface area contributed by atoms with Crippen LogP contribution in [0.25, 0.3) is 22.0 Å². The Labute approximate surface area is 144 Å². The van der Waals surface area contributed by atoms with Gasteiger partial charge >= 0.3 is 0 Å². The number of hydrogen-bond acceptors (Lipinski definition) is 4. The first kappa shape index (κ1) is 15.6. The van der Waals surface area contributed by atoms with Crippen molar-refractivity contribution >= 4 is 33.8 Å². The summed E-state index contributed by atoms with van der Waals surface area (Å²) in [7, 11) is 0. The molecular weight excluding hydrogens is 318 g/mol.